The first-order valence-corrected chi connectivity index (χ1v) is 35.2. The summed E-state index contributed by atoms with van der Waals surface area (Å²) < 4.78 is 120. The zero-order valence-corrected chi connectivity index (χ0v) is 71.6. The van der Waals surface area contributed by atoms with E-state index >= 15 is 0 Å². The van der Waals surface area contributed by atoms with Crippen LogP contribution in [0.3, 0.4) is 0 Å². The van der Waals surface area contributed by atoms with E-state index in [2.05, 4.69) is 172 Å². The molecule has 115 heavy (non-hydrogen) atoms. The van der Waals surface area contributed by atoms with E-state index in [9.17, 15) is 39.5 Å². The van der Waals surface area contributed by atoms with Crippen molar-refractivity contribution in [3.63, 3.8) is 0 Å². The van der Waals surface area contributed by atoms with Gasteiger partial charge in [-0.1, -0.05) is 187 Å². The third kappa shape index (κ3) is 22.3. The van der Waals surface area contributed by atoms with E-state index in [4.69, 9.17) is 0 Å². The summed E-state index contributed by atoms with van der Waals surface area (Å²) in [7, 11) is 1.94. The average Bonchev–Trinajstić information content (AvgIpc) is 1.61. The Hall–Kier alpha value is -10.6. The second-order valence-corrected chi connectivity index (χ2v) is 29.6. The smallest absolute Gasteiger partial charge is 0.573 e. The van der Waals surface area contributed by atoms with Crippen LogP contribution >= 0.6 is 0 Å². The van der Waals surface area contributed by atoms with Gasteiger partial charge in [-0.3, -0.25) is 15.0 Å². The van der Waals surface area contributed by atoms with E-state index in [-0.39, 0.29) is 96.5 Å². The van der Waals surface area contributed by atoms with Crippen LogP contribution in [0.2, 0.25) is 0 Å². The number of aromatic nitrogens is 21. The Morgan fingerprint density at radius 1 is 0.330 bits per heavy atom. The number of fused-ring (bicyclic) bond motifs is 3. The van der Waals surface area contributed by atoms with Gasteiger partial charge in [-0.05, 0) is 132 Å². The van der Waals surface area contributed by atoms with Crippen LogP contribution in [0.15, 0.2) is 195 Å². The van der Waals surface area contributed by atoms with Crippen molar-refractivity contribution in [1.82, 2.24) is 105 Å². The minimum absolute atomic E-state index is 0. The standard InChI is InChI=1S/3C17H15F3N3.C13H11N4.C10H13N4.C8H9N4.3Pt/c3*1-16(2,3)11-4-5-12-10(8-11)6-7-21-15(12)13-9-14(23-22-13)17(18,19)20;1-10-9-12(16-15-10)13-14-7-8-17(13)11-5-3-2-4-6-11;1-7(2)14-5-4-11-10(14)9-6-8(3)12-13-9;1-6-5-7(11-10-6)8-9-3-4-12(8)2;;;/h3*4-9H,1-3H3;2-9H,1H3;4-7H,1-3H3;3-5H,1-2H3;;;/q6*-1;3*+2. The van der Waals surface area contributed by atoms with Crippen molar-refractivity contribution in [1.29, 1.82) is 0 Å². The number of benzene rings is 4. The number of rotatable bonds is 8. The fourth-order valence-electron chi connectivity index (χ4n) is 11.5. The summed E-state index contributed by atoms with van der Waals surface area (Å²) in [5.41, 5.74) is 8.32. The first-order valence-electron chi connectivity index (χ1n) is 35.2. The van der Waals surface area contributed by atoms with Gasteiger partial charge in [0.2, 0.25) is 0 Å². The van der Waals surface area contributed by atoms with Crippen LogP contribution in [0, 0.1) is 20.8 Å². The van der Waals surface area contributed by atoms with Gasteiger partial charge in [0.25, 0.3) is 0 Å². The van der Waals surface area contributed by atoms with Gasteiger partial charge >= 0.3 is 81.7 Å². The normalized spacial score (nSPS) is 11.7. The van der Waals surface area contributed by atoms with Gasteiger partial charge in [0.05, 0.1) is 17.1 Å². The first-order chi connectivity index (χ1) is 52.8. The SMILES string of the molecule is CC(C)(C)c1ccc2c(-c3cc(C(F)(F)F)n[n-]3)nccc2c1.CC(C)(C)c1ccc2c(-c3cc(C(F)(F)F)n[n-]3)nccc2c1.CC(C)(C)c1ccc2c(-c3cc(C(F)(F)F)n[n-]3)nccc2c1.Cc1cc(-c2nccn2-c2ccccc2)[n-]n1.Cc1cc(-c2nccn2C(C)C)[n-]n1.Cc1cc(-c2nccn2C)[n-]n1.[Pt+2].[Pt+2].[Pt+2]. The van der Waals surface area contributed by atoms with Gasteiger partial charge in [0, 0.05) is 108 Å². The van der Waals surface area contributed by atoms with Gasteiger partial charge in [0.1, 0.15) is 34.6 Å². The van der Waals surface area contributed by atoms with E-state index in [1.54, 1.807) is 37.2 Å². The summed E-state index contributed by atoms with van der Waals surface area (Å²) in [6, 6.07) is 42.2. The summed E-state index contributed by atoms with van der Waals surface area (Å²) in [4.78, 5) is 25.4. The fourth-order valence-corrected chi connectivity index (χ4v) is 11.5. The molecule has 0 amide bonds. The monoisotopic (exact) mass is 2110 g/mol. The zero-order chi connectivity index (χ0) is 80.8. The Bertz CT molecular complexity index is 5490. The molecule has 0 N–H and O–H groups in total. The molecule has 12 heterocycles. The molecule has 0 radical (unpaired) electrons. The van der Waals surface area contributed by atoms with Gasteiger partial charge in [-0.15, -0.1) is 0 Å². The molecule has 0 aliphatic heterocycles. The van der Waals surface area contributed by atoms with Crippen LogP contribution in [-0.2, 0) is 105 Å². The van der Waals surface area contributed by atoms with E-state index < -0.39 is 35.6 Å². The summed E-state index contributed by atoms with van der Waals surface area (Å²) in [5.74, 6) is 2.56. The Kier molecular flexibility index (Phi) is 28.9. The number of hydrogen-bond acceptors (Lipinski definition) is 12. The number of alkyl halides is 9. The zero-order valence-electron chi connectivity index (χ0n) is 64.8. The molecular formula is C82H78F9N21Pt3. The van der Waals surface area contributed by atoms with Crippen molar-refractivity contribution >= 4 is 32.3 Å². The molecule has 0 fully saturated rings. The van der Waals surface area contributed by atoms with Crippen molar-refractivity contribution in [2.45, 2.75) is 138 Å². The average molecular weight is 2110 g/mol. The Morgan fingerprint density at radius 2 is 0.652 bits per heavy atom. The number of para-hydroxylation sites is 1. The molecule has 0 aliphatic carbocycles. The maximum absolute atomic E-state index is 12.7. The molecule has 604 valence electrons. The predicted octanol–water partition coefficient (Wildman–Crippen LogP) is 18.4. The maximum atomic E-state index is 12.7. The summed E-state index contributed by atoms with van der Waals surface area (Å²) in [6.07, 6.45) is 2.30. The van der Waals surface area contributed by atoms with E-state index in [1.807, 2.05) is 177 Å². The van der Waals surface area contributed by atoms with Crippen LogP contribution in [0.4, 0.5) is 39.5 Å². The minimum atomic E-state index is -4.50. The summed E-state index contributed by atoms with van der Waals surface area (Å²) >= 11 is 0. The van der Waals surface area contributed by atoms with Gasteiger partial charge < -0.3 is 74.9 Å². The third-order valence-electron chi connectivity index (χ3n) is 17.5. The molecule has 0 atom stereocenters. The molecular weight excluding hydrogens is 2040 g/mol. The Labute approximate surface area is 700 Å². The van der Waals surface area contributed by atoms with Crippen molar-refractivity contribution < 1.29 is 103 Å². The van der Waals surface area contributed by atoms with E-state index in [0.717, 1.165) is 125 Å². The first kappa shape index (κ1) is 90.0. The number of hydrogen-bond donors (Lipinski definition) is 0. The van der Waals surface area contributed by atoms with Crippen LogP contribution in [0.5, 0.6) is 0 Å². The fraction of sp³-hybridized carbons (Fsp3) is 0.268. The minimum Gasteiger partial charge on any atom is -0.573 e. The van der Waals surface area contributed by atoms with Crippen molar-refractivity contribution in [2.24, 2.45) is 7.05 Å². The number of imidazole rings is 3. The van der Waals surface area contributed by atoms with Crippen LogP contribution in [0.1, 0.15) is 133 Å². The molecule has 12 aromatic heterocycles. The quantitative estimate of drug-likeness (QED) is 0.128. The second kappa shape index (κ2) is 36.9. The van der Waals surface area contributed by atoms with Gasteiger partial charge in [-0.2, -0.15) is 39.5 Å². The van der Waals surface area contributed by atoms with Crippen molar-refractivity contribution in [3.8, 4) is 74.4 Å². The molecule has 0 bridgehead atoms. The molecule has 21 nitrogen and oxygen atoms in total. The molecule has 0 aliphatic rings. The Morgan fingerprint density at radius 3 is 0.965 bits per heavy atom. The van der Waals surface area contributed by atoms with E-state index in [0.29, 0.717) is 23.1 Å². The summed E-state index contributed by atoms with van der Waals surface area (Å²) in [5, 5.41) is 49.6. The molecule has 4 aromatic carbocycles. The molecule has 16 rings (SSSR count). The van der Waals surface area contributed by atoms with Gasteiger partial charge in [-0.25, -0.2) is 15.0 Å². The molecule has 16 aromatic rings. The number of halogens is 9. The van der Waals surface area contributed by atoms with Crippen molar-refractivity contribution in [3.05, 3.63) is 246 Å². The van der Waals surface area contributed by atoms with Crippen LogP contribution in [-0.4, -0.2) is 74.2 Å². The van der Waals surface area contributed by atoms with Crippen LogP contribution < -0.4 is 30.6 Å². The summed E-state index contributed by atoms with van der Waals surface area (Å²) in [6.45, 7) is 29.0. The third-order valence-corrected chi connectivity index (χ3v) is 17.5. The Balaban J connectivity index is 0.000000174. The largest absolute Gasteiger partial charge is 2.00 e. The molecule has 0 unspecified atom stereocenters. The van der Waals surface area contributed by atoms with Gasteiger partial charge in [0.15, 0.2) is 0 Å². The molecule has 33 heteroatoms. The van der Waals surface area contributed by atoms with E-state index in [1.165, 1.54) is 0 Å². The second-order valence-electron chi connectivity index (χ2n) is 29.6. The number of nitrogens with zero attached hydrogens (tertiary/aromatic N) is 21. The maximum Gasteiger partial charge on any atom is 2.00 e. The van der Waals surface area contributed by atoms with Crippen molar-refractivity contribution in [2.75, 3.05) is 0 Å². The topological polar surface area (TPSA) is 254 Å². The molecule has 0 saturated heterocycles. The van der Waals surface area contributed by atoms with Crippen LogP contribution in [0.25, 0.3) is 107 Å². The molecule has 0 saturated carbocycles. The number of pyridine rings is 3. The molecule has 0 spiro atoms. The number of aryl methyl sites for hydroxylation is 4. The predicted molar refractivity (Wildman–Crippen MR) is 409 cm³/mol.